The van der Waals surface area contributed by atoms with Crippen LogP contribution < -0.4 is 5.32 Å². The molecule has 102 valence electrons. The van der Waals surface area contributed by atoms with Crippen molar-refractivity contribution in [3.05, 3.63) is 63.6 Å². The van der Waals surface area contributed by atoms with Crippen LogP contribution in [0.5, 0.6) is 0 Å². The third-order valence-electron chi connectivity index (χ3n) is 3.36. The zero-order valence-corrected chi connectivity index (χ0v) is 13.2. The average molecular weight is 350 g/mol. The first-order chi connectivity index (χ1) is 9.72. The van der Waals surface area contributed by atoms with Crippen molar-refractivity contribution in [1.82, 2.24) is 0 Å². The van der Waals surface area contributed by atoms with Gasteiger partial charge in [0, 0.05) is 15.9 Å². The highest BCUT2D eigenvalue weighted by Gasteiger charge is 2.19. The molecule has 4 heteroatoms. The zero-order valence-electron chi connectivity index (χ0n) is 10.8. The first-order valence-electron chi connectivity index (χ1n) is 6.56. The molecule has 0 saturated carbocycles. The molecule has 0 bridgehead atoms. The fourth-order valence-corrected chi connectivity index (χ4v) is 3.13. The molecule has 3 rings (SSSR count). The second-order valence-corrected chi connectivity index (χ2v) is 6.08. The van der Waals surface area contributed by atoms with Gasteiger partial charge in [-0.15, -0.1) is 0 Å². The monoisotopic (exact) mass is 348 g/mol. The van der Waals surface area contributed by atoms with Crippen molar-refractivity contribution in [2.75, 3.05) is 5.32 Å². The van der Waals surface area contributed by atoms with Gasteiger partial charge in [-0.25, -0.2) is 0 Å². The van der Waals surface area contributed by atoms with E-state index in [0.29, 0.717) is 0 Å². The van der Waals surface area contributed by atoms with E-state index in [1.165, 1.54) is 5.56 Å². The number of hydrogen-bond donors (Lipinski definition) is 1. The number of amidine groups is 1. The molecule has 1 N–H and O–H groups in total. The lowest BCUT2D eigenvalue weighted by atomic mass is 10.1. The molecule has 2 aromatic rings. The van der Waals surface area contributed by atoms with E-state index in [0.717, 1.165) is 33.9 Å². The van der Waals surface area contributed by atoms with Crippen LogP contribution in [0.2, 0.25) is 5.02 Å². The van der Waals surface area contributed by atoms with Gasteiger partial charge in [0.2, 0.25) is 0 Å². The number of halogens is 2. The van der Waals surface area contributed by atoms with Gasteiger partial charge in [0.1, 0.15) is 5.84 Å². The maximum Gasteiger partial charge on any atom is 0.102 e. The molecule has 0 fully saturated rings. The molecule has 0 aliphatic carbocycles. The van der Waals surface area contributed by atoms with E-state index < -0.39 is 0 Å². The van der Waals surface area contributed by atoms with Gasteiger partial charge >= 0.3 is 0 Å². The average Bonchev–Trinajstić information content (AvgIpc) is 2.92. The molecule has 2 aromatic carbocycles. The Morgan fingerprint density at radius 3 is 2.70 bits per heavy atom. The predicted molar refractivity (Wildman–Crippen MR) is 88.6 cm³/mol. The number of anilines is 1. The molecule has 0 aromatic heterocycles. The Morgan fingerprint density at radius 1 is 1.15 bits per heavy atom. The number of rotatable bonds is 2. The number of benzene rings is 2. The summed E-state index contributed by atoms with van der Waals surface area (Å²) < 4.78 is 0.955. The third kappa shape index (κ3) is 3.05. The summed E-state index contributed by atoms with van der Waals surface area (Å²) >= 11 is 9.46. The van der Waals surface area contributed by atoms with Crippen molar-refractivity contribution >= 4 is 39.1 Å². The summed E-state index contributed by atoms with van der Waals surface area (Å²) in [5.41, 5.74) is 2.28. The maximum atomic E-state index is 5.95. The van der Waals surface area contributed by atoms with Gasteiger partial charge in [-0.05, 0) is 46.1 Å². The van der Waals surface area contributed by atoms with E-state index >= 15 is 0 Å². The van der Waals surface area contributed by atoms with E-state index in [9.17, 15) is 0 Å². The molecule has 1 atom stereocenters. The third-order valence-corrected chi connectivity index (χ3v) is 4.25. The van der Waals surface area contributed by atoms with Crippen molar-refractivity contribution in [2.45, 2.75) is 18.9 Å². The Balaban J connectivity index is 1.76. The van der Waals surface area contributed by atoms with Crippen LogP contribution in [-0.4, -0.2) is 5.84 Å². The van der Waals surface area contributed by atoms with Crippen LogP contribution in [-0.2, 0) is 0 Å². The Kier molecular flexibility index (Phi) is 4.08. The lowest BCUT2D eigenvalue weighted by Gasteiger charge is -2.08. The molecule has 2 nitrogen and oxygen atoms in total. The van der Waals surface area contributed by atoms with E-state index in [-0.39, 0.29) is 6.04 Å². The highest BCUT2D eigenvalue weighted by atomic mass is 79.9. The van der Waals surface area contributed by atoms with Crippen LogP contribution in [0.15, 0.2) is 58.0 Å². The standard InChI is InChI=1S/C16H14BrClN2/c17-13-10-12(18)6-7-15(13)20-16-9-8-14(19-16)11-4-2-1-3-5-11/h1-7,10,14H,8-9H2,(H,19,20). The van der Waals surface area contributed by atoms with Crippen molar-refractivity contribution in [3.63, 3.8) is 0 Å². The predicted octanol–water partition coefficient (Wildman–Crippen LogP) is 5.45. The lowest BCUT2D eigenvalue weighted by molar-refractivity contribution is 0.723. The second kappa shape index (κ2) is 5.98. The minimum Gasteiger partial charge on any atom is -0.343 e. The van der Waals surface area contributed by atoms with Crippen molar-refractivity contribution in [2.24, 2.45) is 4.99 Å². The summed E-state index contributed by atoms with van der Waals surface area (Å²) in [5, 5.41) is 4.10. The van der Waals surface area contributed by atoms with Crippen molar-refractivity contribution in [3.8, 4) is 0 Å². The summed E-state index contributed by atoms with van der Waals surface area (Å²) in [6.45, 7) is 0. The summed E-state index contributed by atoms with van der Waals surface area (Å²) in [7, 11) is 0. The van der Waals surface area contributed by atoms with Gasteiger partial charge in [0.25, 0.3) is 0 Å². The van der Waals surface area contributed by atoms with Crippen LogP contribution in [0.3, 0.4) is 0 Å². The highest BCUT2D eigenvalue weighted by molar-refractivity contribution is 9.10. The molecular formula is C16H14BrClN2. The lowest BCUT2D eigenvalue weighted by Crippen LogP contribution is -2.08. The zero-order chi connectivity index (χ0) is 13.9. The molecule has 0 spiro atoms. The van der Waals surface area contributed by atoms with E-state index in [1.54, 1.807) is 0 Å². The van der Waals surface area contributed by atoms with Gasteiger partial charge in [0.15, 0.2) is 0 Å². The van der Waals surface area contributed by atoms with Crippen LogP contribution in [0, 0.1) is 0 Å². The largest absolute Gasteiger partial charge is 0.343 e. The molecular weight excluding hydrogens is 336 g/mol. The summed E-state index contributed by atoms with van der Waals surface area (Å²) in [6, 6.07) is 16.4. The SMILES string of the molecule is Clc1ccc(NC2=NC(c3ccccc3)CC2)c(Br)c1. The Morgan fingerprint density at radius 2 is 1.95 bits per heavy atom. The fourth-order valence-electron chi connectivity index (χ4n) is 2.35. The van der Waals surface area contributed by atoms with Crippen LogP contribution in [0.4, 0.5) is 5.69 Å². The fraction of sp³-hybridized carbons (Fsp3) is 0.188. The molecule has 20 heavy (non-hydrogen) atoms. The van der Waals surface area contributed by atoms with Crippen molar-refractivity contribution < 1.29 is 0 Å². The minimum atomic E-state index is 0.268. The first kappa shape index (κ1) is 13.7. The van der Waals surface area contributed by atoms with Gasteiger partial charge in [-0.3, -0.25) is 4.99 Å². The summed E-state index contributed by atoms with van der Waals surface area (Å²) in [6.07, 6.45) is 2.02. The van der Waals surface area contributed by atoms with E-state index in [4.69, 9.17) is 16.6 Å². The molecule has 0 amide bonds. The molecule has 1 unspecified atom stereocenters. The van der Waals surface area contributed by atoms with E-state index in [2.05, 4.69) is 45.5 Å². The van der Waals surface area contributed by atoms with Crippen molar-refractivity contribution in [1.29, 1.82) is 0 Å². The minimum absolute atomic E-state index is 0.268. The van der Waals surface area contributed by atoms with Crippen LogP contribution in [0.1, 0.15) is 24.4 Å². The van der Waals surface area contributed by atoms with Gasteiger partial charge < -0.3 is 5.32 Å². The number of nitrogens with one attached hydrogen (secondary N) is 1. The summed E-state index contributed by atoms with van der Waals surface area (Å²) in [4.78, 5) is 4.77. The van der Waals surface area contributed by atoms with Crippen LogP contribution >= 0.6 is 27.5 Å². The van der Waals surface area contributed by atoms with Gasteiger partial charge in [0.05, 0.1) is 11.7 Å². The number of aliphatic imine (C=N–C) groups is 1. The van der Waals surface area contributed by atoms with E-state index in [1.807, 2.05) is 24.3 Å². The molecule has 1 aliphatic heterocycles. The highest BCUT2D eigenvalue weighted by Crippen LogP contribution is 2.31. The smallest absolute Gasteiger partial charge is 0.102 e. The van der Waals surface area contributed by atoms with Crippen LogP contribution in [0.25, 0.3) is 0 Å². The maximum absolute atomic E-state index is 5.95. The Hall–Kier alpha value is -1.32. The molecule has 1 aliphatic rings. The molecule has 1 heterocycles. The number of nitrogens with zero attached hydrogens (tertiary/aromatic N) is 1. The first-order valence-corrected chi connectivity index (χ1v) is 7.73. The second-order valence-electron chi connectivity index (χ2n) is 4.79. The molecule has 0 saturated heterocycles. The number of hydrogen-bond acceptors (Lipinski definition) is 2. The van der Waals surface area contributed by atoms with Gasteiger partial charge in [-0.1, -0.05) is 41.9 Å². The molecule has 0 radical (unpaired) electrons. The normalized spacial score (nSPS) is 17.9. The van der Waals surface area contributed by atoms with Gasteiger partial charge in [-0.2, -0.15) is 0 Å². The Labute approximate surface area is 132 Å². The summed E-state index contributed by atoms with van der Waals surface area (Å²) in [5.74, 6) is 1.03. The topological polar surface area (TPSA) is 24.4 Å². The quantitative estimate of drug-likeness (QED) is 0.766. The Bertz CT molecular complexity index is 640.